The van der Waals surface area contributed by atoms with Crippen molar-refractivity contribution in [2.45, 2.75) is 13.1 Å². The molecule has 0 spiro atoms. The second kappa shape index (κ2) is 5.56. The molecule has 0 radical (unpaired) electrons. The van der Waals surface area contributed by atoms with Gasteiger partial charge in [0, 0.05) is 12.2 Å². The van der Waals surface area contributed by atoms with E-state index in [1.807, 2.05) is 12.2 Å². The van der Waals surface area contributed by atoms with E-state index >= 15 is 0 Å². The number of hydrogen-bond acceptors (Lipinski definition) is 2. The minimum atomic E-state index is -4.40. The third kappa shape index (κ3) is 4.34. The maximum absolute atomic E-state index is 11.9. The van der Waals surface area contributed by atoms with Crippen molar-refractivity contribution in [2.75, 3.05) is 18.4 Å². The van der Waals surface area contributed by atoms with Gasteiger partial charge < -0.3 is 10.6 Å². The lowest BCUT2D eigenvalue weighted by atomic mass is 10.1. The third-order valence-electron chi connectivity index (χ3n) is 1.99. The van der Waals surface area contributed by atoms with Crippen LogP contribution in [0.25, 0.3) is 0 Å². The van der Waals surface area contributed by atoms with Gasteiger partial charge in [0.25, 0.3) is 5.91 Å². The fourth-order valence-corrected chi connectivity index (χ4v) is 1.30. The summed E-state index contributed by atoms with van der Waals surface area (Å²) in [7, 11) is 0. The largest absolute Gasteiger partial charge is 0.405 e. The van der Waals surface area contributed by atoms with Crippen LogP contribution in [0.4, 0.5) is 18.9 Å². The summed E-state index contributed by atoms with van der Waals surface area (Å²) in [5.41, 5.74) is 0.730. The molecule has 0 unspecified atom stereocenters. The lowest BCUT2D eigenvalue weighted by molar-refractivity contribution is -0.123. The first kappa shape index (κ1) is 13.3. The number of para-hydroxylation sites is 1. The van der Waals surface area contributed by atoms with Crippen LogP contribution in [-0.4, -0.2) is 25.2 Å². The fraction of sp³-hybridized carbons (Fsp3) is 0.364. The van der Waals surface area contributed by atoms with Crippen LogP contribution in [0.2, 0.25) is 0 Å². The van der Waals surface area contributed by atoms with E-state index in [1.165, 1.54) is 6.07 Å². The van der Waals surface area contributed by atoms with Crippen LogP contribution in [0.5, 0.6) is 0 Å². The number of alkyl halides is 3. The van der Waals surface area contributed by atoms with Gasteiger partial charge in [0.05, 0.1) is 5.56 Å². The quantitative estimate of drug-likeness (QED) is 0.856. The van der Waals surface area contributed by atoms with E-state index < -0.39 is 18.6 Å². The second-order valence-electron chi connectivity index (χ2n) is 3.37. The van der Waals surface area contributed by atoms with Crippen molar-refractivity contribution in [3.63, 3.8) is 0 Å². The predicted molar refractivity (Wildman–Crippen MR) is 59.0 cm³/mol. The predicted octanol–water partition coefficient (Wildman–Crippen LogP) is 2.41. The molecule has 0 aliphatic heterocycles. The molecular weight excluding hydrogens is 233 g/mol. The van der Waals surface area contributed by atoms with Gasteiger partial charge in [0.2, 0.25) is 0 Å². The highest BCUT2D eigenvalue weighted by Crippen LogP contribution is 2.16. The molecule has 3 nitrogen and oxygen atoms in total. The Morgan fingerprint density at radius 3 is 2.53 bits per heavy atom. The highest BCUT2D eigenvalue weighted by Gasteiger charge is 2.28. The van der Waals surface area contributed by atoms with E-state index in [4.69, 9.17) is 0 Å². The lowest BCUT2D eigenvalue weighted by Gasteiger charge is -2.12. The van der Waals surface area contributed by atoms with E-state index in [9.17, 15) is 18.0 Å². The summed E-state index contributed by atoms with van der Waals surface area (Å²) in [4.78, 5) is 11.5. The molecule has 0 aliphatic rings. The smallest absolute Gasteiger partial charge is 0.385 e. The van der Waals surface area contributed by atoms with Gasteiger partial charge in [-0.05, 0) is 19.1 Å². The summed E-state index contributed by atoms with van der Waals surface area (Å²) in [5.74, 6) is -0.737. The summed E-state index contributed by atoms with van der Waals surface area (Å²) in [6.07, 6.45) is -4.40. The van der Waals surface area contributed by atoms with Crippen molar-refractivity contribution in [3.8, 4) is 0 Å². The number of carbonyl (C=O) groups excluding carboxylic acids is 1. The summed E-state index contributed by atoms with van der Waals surface area (Å²) >= 11 is 0. The van der Waals surface area contributed by atoms with Crippen molar-refractivity contribution in [1.29, 1.82) is 0 Å². The molecule has 0 atom stereocenters. The maximum Gasteiger partial charge on any atom is 0.405 e. The van der Waals surface area contributed by atoms with Crippen molar-refractivity contribution in [1.82, 2.24) is 5.32 Å². The van der Waals surface area contributed by atoms with Crippen LogP contribution >= 0.6 is 0 Å². The Balaban J connectivity index is 2.74. The minimum Gasteiger partial charge on any atom is -0.385 e. The number of anilines is 1. The van der Waals surface area contributed by atoms with Crippen LogP contribution in [0.3, 0.4) is 0 Å². The second-order valence-corrected chi connectivity index (χ2v) is 3.37. The van der Waals surface area contributed by atoms with Crippen LogP contribution in [0, 0.1) is 0 Å². The highest BCUT2D eigenvalue weighted by atomic mass is 19.4. The van der Waals surface area contributed by atoms with Gasteiger partial charge in [0.1, 0.15) is 6.54 Å². The molecule has 0 aromatic heterocycles. The monoisotopic (exact) mass is 246 g/mol. The maximum atomic E-state index is 11.9. The molecule has 0 fully saturated rings. The number of carbonyl (C=O) groups is 1. The molecule has 0 saturated carbocycles. The average Bonchev–Trinajstić information content (AvgIpc) is 2.26. The van der Waals surface area contributed by atoms with Gasteiger partial charge in [-0.1, -0.05) is 12.1 Å². The SMILES string of the molecule is CCNc1ccccc1C(=O)NCC(F)(F)F. The van der Waals surface area contributed by atoms with Crippen LogP contribution in [0.15, 0.2) is 24.3 Å². The average molecular weight is 246 g/mol. The first-order valence-corrected chi connectivity index (χ1v) is 5.12. The van der Waals surface area contributed by atoms with Gasteiger partial charge >= 0.3 is 6.18 Å². The zero-order valence-corrected chi connectivity index (χ0v) is 9.27. The molecule has 0 aliphatic carbocycles. The minimum absolute atomic E-state index is 0.207. The Labute approximate surface area is 97.0 Å². The van der Waals surface area contributed by atoms with Crippen LogP contribution in [0.1, 0.15) is 17.3 Å². The van der Waals surface area contributed by atoms with E-state index in [0.717, 1.165) is 0 Å². The fourth-order valence-electron chi connectivity index (χ4n) is 1.30. The standard InChI is InChI=1S/C11H13F3N2O/c1-2-15-9-6-4-3-5-8(9)10(17)16-7-11(12,13)14/h3-6,15H,2,7H2,1H3,(H,16,17). The van der Waals surface area contributed by atoms with E-state index in [-0.39, 0.29) is 5.56 Å². The highest BCUT2D eigenvalue weighted by molar-refractivity contribution is 5.99. The Kier molecular flexibility index (Phi) is 4.37. The molecule has 0 heterocycles. The van der Waals surface area contributed by atoms with Gasteiger partial charge in [-0.15, -0.1) is 0 Å². The zero-order valence-electron chi connectivity index (χ0n) is 9.27. The number of benzene rings is 1. The molecule has 1 aromatic carbocycles. The lowest BCUT2D eigenvalue weighted by Crippen LogP contribution is -2.34. The van der Waals surface area contributed by atoms with Crippen LogP contribution < -0.4 is 10.6 Å². The summed E-state index contributed by atoms with van der Waals surface area (Å²) in [6, 6.07) is 6.43. The molecule has 1 rings (SSSR count). The normalized spacial score (nSPS) is 11.1. The topological polar surface area (TPSA) is 41.1 Å². The number of amides is 1. The van der Waals surface area contributed by atoms with E-state index in [1.54, 1.807) is 18.2 Å². The molecular formula is C11H13F3N2O. The number of nitrogens with one attached hydrogen (secondary N) is 2. The van der Waals surface area contributed by atoms with Crippen molar-refractivity contribution >= 4 is 11.6 Å². The molecule has 94 valence electrons. The zero-order chi connectivity index (χ0) is 12.9. The molecule has 2 N–H and O–H groups in total. The van der Waals surface area contributed by atoms with Gasteiger partial charge in [-0.25, -0.2) is 0 Å². The number of rotatable bonds is 4. The summed E-state index contributed by atoms with van der Waals surface area (Å²) in [6.45, 7) is 1.10. The first-order valence-electron chi connectivity index (χ1n) is 5.12. The van der Waals surface area contributed by atoms with Gasteiger partial charge in [-0.3, -0.25) is 4.79 Å². The Hall–Kier alpha value is -1.72. The molecule has 1 aromatic rings. The van der Waals surface area contributed by atoms with Gasteiger partial charge in [0.15, 0.2) is 0 Å². The van der Waals surface area contributed by atoms with Crippen molar-refractivity contribution < 1.29 is 18.0 Å². The Morgan fingerprint density at radius 2 is 1.94 bits per heavy atom. The van der Waals surface area contributed by atoms with Crippen LogP contribution in [-0.2, 0) is 0 Å². The third-order valence-corrected chi connectivity index (χ3v) is 1.99. The van der Waals surface area contributed by atoms with E-state index in [2.05, 4.69) is 5.32 Å². The first-order chi connectivity index (χ1) is 7.94. The van der Waals surface area contributed by atoms with Gasteiger partial charge in [-0.2, -0.15) is 13.2 Å². The Bertz CT molecular complexity index is 391. The van der Waals surface area contributed by atoms with Crippen molar-refractivity contribution in [2.24, 2.45) is 0 Å². The number of halogens is 3. The molecule has 0 saturated heterocycles. The Morgan fingerprint density at radius 1 is 1.29 bits per heavy atom. The molecule has 0 bridgehead atoms. The molecule has 17 heavy (non-hydrogen) atoms. The molecule has 6 heteroatoms. The summed E-state index contributed by atoms with van der Waals surface area (Å²) in [5, 5.41) is 4.75. The number of hydrogen-bond donors (Lipinski definition) is 2. The molecule has 1 amide bonds. The summed E-state index contributed by atoms with van der Waals surface area (Å²) < 4.78 is 35.8. The van der Waals surface area contributed by atoms with E-state index in [0.29, 0.717) is 12.2 Å². The van der Waals surface area contributed by atoms with Crippen molar-refractivity contribution in [3.05, 3.63) is 29.8 Å².